The molecule has 2 aromatic carbocycles. The van der Waals surface area contributed by atoms with Crippen LogP contribution >= 0.6 is 0 Å². The molecular formula is C25H26N4O. The van der Waals surface area contributed by atoms with E-state index in [1.165, 1.54) is 11.3 Å². The Morgan fingerprint density at radius 3 is 2.37 bits per heavy atom. The van der Waals surface area contributed by atoms with Crippen molar-refractivity contribution in [2.45, 2.75) is 45.1 Å². The number of rotatable bonds is 5. The average Bonchev–Trinajstić information content (AvgIpc) is 3.45. The van der Waals surface area contributed by atoms with Crippen LogP contribution in [0.4, 0.5) is 11.4 Å². The first-order valence-electron chi connectivity index (χ1n) is 10.6. The fourth-order valence-corrected chi connectivity index (χ4v) is 4.45. The molecule has 3 aromatic rings. The van der Waals surface area contributed by atoms with Gasteiger partial charge >= 0.3 is 0 Å². The van der Waals surface area contributed by atoms with Crippen molar-refractivity contribution in [1.29, 1.82) is 5.26 Å². The fraction of sp³-hybridized carbons (Fsp3) is 0.360. The summed E-state index contributed by atoms with van der Waals surface area (Å²) in [6, 6.07) is 18.1. The zero-order valence-corrected chi connectivity index (χ0v) is 17.7. The second-order valence-corrected chi connectivity index (χ2v) is 8.62. The Hall–Kier alpha value is -3.10. The average molecular weight is 399 g/mol. The summed E-state index contributed by atoms with van der Waals surface area (Å²) in [7, 11) is 0. The Morgan fingerprint density at radius 1 is 1.10 bits per heavy atom. The van der Waals surface area contributed by atoms with Crippen molar-refractivity contribution in [2.24, 2.45) is 0 Å². The minimum Gasteiger partial charge on any atom is -0.361 e. The van der Waals surface area contributed by atoms with E-state index < -0.39 is 0 Å². The zero-order valence-electron chi connectivity index (χ0n) is 17.7. The van der Waals surface area contributed by atoms with Crippen molar-refractivity contribution in [3.8, 4) is 17.2 Å². The molecule has 0 radical (unpaired) electrons. The third-order valence-corrected chi connectivity index (χ3v) is 6.58. The number of nitriles is 1. The molecule has 1 N–H and O–H groups in total. The minimum atomic E-state index is -0.249. The molecule has 5 heteroatoms. The Bertz CT molecular complexity index is 1110. The van der Waals surface area contributed by atoms with Gasteiger partial charge in [0.25, 0.3) is 0 Å². The van der Waals surface area contributed by atoms with E-state index in [1.54, 1.807) is 0 Å². The summed E-state index contributed by atoms with van der Waals surface area (Å²) in [5, 5.41) is 17.1. The number of nitrogens with one attached hydrogen (secondary N) is 1. The van der Waals surface area contributed by atoms with Crippen LogP contribution < -0.4 is 10.2 Å². The first-order valence-corrected chi connectivity index (χ1v) is 10.6. The quantitative estimate of drug-likeness (QED) is 0.660. The van der Waals surface area contributed by atoms with Gasteiger partial charge in [-0.25, -0.2) is 0 Å². The van der Waals surface area contributed by atoms with Crippen LogP contribution in [0.15, 0.2) is 47.0 Å². The molecule has 2 fully saturated rings. The molecule has 5 rings (SSSR count). The summed E-state index contributed by atoms with van der Waals surface area (Å²) in [5.74, 6) is 0.842. The van der Waals surface area contributed by atoms with Crippen LogP contribution in [0, 0.1) is 32.1 Å². The van der Waals surface area contributed by atoms with Crippen molar-refractivity contribution in [1.82, 2.24) is 10.5 Å². The summed E-state index contributed by atoms with van der Waals surface area (Å²) >= 11 is 0. The lowest BCUT2D eigenvalue weighted by molar-refractivity contribution is 0.393. The molecule has 1 aliphatic heterocycles. The first-order chi connectivity index (χ1) is 14.5. The predicted octanol–water partition coefficient (Wildman–Crippen LogP) is 4.93. The Balaban J connectivity index is 1.57. The minimum absolute atomic E-state index is 0.249. The number of anilines is 2. The monoisotopic (exact) mass is 398 g/mol. The molecule has 0 amide bonds. The summed E-state index contributed by atoms with van der Waals surface area (Å²) in [6.45, 7) is 8.03. The SMILES string of the molecule is Cc1ccc(-c2c(C)noc2C)cc1N(c1ccc(C2(C#N)CC2)cc1)C1CNC1. The Labute approximate surface area is 177 Å². The van der Waals surface area contributed by atoms with Gasteiger partial charge in [0, 0.05) is 30.0 Å². The van der Waals surface area contributed by atoms with Crippen LogP contribution in [-0.4, -0.2) is 24.3 Å². The van der Waals surface area contributed by atoms with Crippen LogP contribution in [-0.2, 0) is 5.41 Å². The Kier molecular flexibility index (Phi) is 4.41. The standard InChI is InChI=1S/C25H26N4O/c1-16-4-5-19(24-17(2)28-30-18(24)3)12-23(16)29(22-13-27-14-22)21-8-6-20(7-9-21)25(15-26)10-11-25/h4-9,12,22,27H,10-11,13-14H2,1-3H3. The molecule has 1 aromatic heterocycles. The smallest absolute Gasteiger partial charge is 0.141 e. The Morgan fingerprint density at radius 2 is 1.83 bits per heavy atom. The maximum Gasteiger partial charge on any atom is 0.141 e. The van der Waals surface area contributed by atoms with Crippen molar-refractivity contribution in [2.75, 3.05) is 18.0 Å². The van der Waals surface area contributed by atoms with E-state index in [4.69, 9.17) is 4.52 Å². The second-order valence-electron chi connectivity index (χ2n) is 8.62. The van der Waals surface area contributed by atoms with Crippen molar-refractivity contribution in [3.63, 3.8) is 0 Å². The van der Waals surface area contributed by atoms with E-state index in [1.807, 2.05) is 13.8 Å². The van der Waals surface area contributed by atoms with Crippen LogP contribution in [0.25, 0.3) is 11.1 Å². The van der Waals surface area contributed by atoms with E-state index in [9.17, 15) is 5.26 Å². The number of nitrogens with zero attached hydrogens (tertiary/aromatic N) is 3. The van der Waals surface area contributed by atoms with E-state index in [-0.39, 0.29) is 5.41 Å². The number of aromatic nitrogens is 1. The van der Waals surface area contributed by atoms with Crippen LogP contribution in [0.3, 0.4) is 0 Å². The lowest BCUT2D eigenvalue weighted by Crippen LogP contribution is -2.56. The molecule has 2 aliphatic rings. The van der Waals surface area contributed by atoms with E-state index >= 15 is 0 Å². The highest BCUT2D eigenvalue weighted by Crippen LogP contribution is 2.48. The van der Waals surface area contributed by atoms with Crippen molar-refractivity contribution in [3.05, 3.63) is 65.0 Å². The molecule has 152 valence electrons. The number of benzene rings is 2. The number of hydrogen-bond donors (Lipinski definition) is 1. The molecule has 0 atom stereocenters. The summed E-state index contributed by atoms with van der Waals surface area (Å²) < 4.78 is 5.41. The molecule has 2 heterocycles. The summed E-state index contributed by atoms with van der Waals surface area (Å²) in [6.07, 6.45) is 1.94. The van der Waals surface area contributed by atoms with Gasteiger partial charge in [0.05, 0.1) is 23.2 Å². The van der Waals surface area contributed by atoms with Crippen molar-refractivity contribution < 1.29 is 4.52 Å². The normalized spacial score (nSPS) is 17.3. The molecular weight excluding hydrogens is 372 g/mol. The number of aryl methyl sites for hydroxylation is 3. The second kappa shape index (κ2) is 7.00. The molecule has 1 aliphatic carbocycles. The van der Waals surface area contributed by atoms with Crippen LogP contribution in [0.5, 0.6) is 0 Å². The van der Waals surface area contributed by atoms with Gasteiger partial charge in [-0.05, 0) is 68.5 Å². The van der Waals surface area contributed by atoms with E-state index in [2.05, 4.69) is 70.8 Å². The highest BCUT2D eigenvalue weighted by molar-refractivity contribution is 5.77. The molecule has 5 nitrogen and oxygen atoms in total. The third kappa shape index (κ3) is 3.00. The van der Waals surface area contributed by atoms with Crippen LogP contribution in [0.1, 0.15) is 35.4 Å². The summed E-state index contributed by atoms with van der Waals surface area (Å²) in [5.41, 5.74) is 7.60. The third-order valence-electron chi connectivity index (χ3n) is 6.58. The maximum absolute atomic E-state index is 9.52. The zero-order chi connectivity index (χ0) is 20.9. The van der Waals surface area contributed by atoms with E-state index in [0.29, 0.717) is 6.04 Å². The van der Waals surface area contributed by atoms with Gasteiger partial charge in [-0.1, -0.05) is 29.4 Å². The largest absolute Gasteiger partial charge is 0.361 e. The van der Waals surface area contributed by atoms with Gasteiger partial charge in [0.2, 0.25) is 0 Å². The molecule has 30 heavy (non-hydrogen) atoms. The highest BCUT2D eigenvalue weighted by atomic mass is 16.5. The highest BCUT2D eigenvalue weighted by Gasteiger charge is 2.44. The lowest BCUT2D eigenvalue weighted by Gasteiger charge is -2.41. The molecule has 0 spiro atoms. The molecule has 1 saturated heterocycles. The number of hydrogen-bond acceptors (Lipinski definition) is 5. The van der Waals surface area contributed by atoms with Gasteiger partial charge in [0.1, 0.15) is 5.76 Å². The first kappa shape index (κ1) is 18.9. The maximum atomic E-state index is 9.52. The van der Waals surface area contributed by atoms with Crippen molar-refractivity contribution >= 4 is 11.4 Å². The van der Waals surface area contributed by atoms with Crippen LogP contribution in [0.2, 0.25) is 0 Å². The topological polar surface area (TPSA) is 65.1 Å². The predicted molar refractivity (Wildman–Crippen MR) is 118 cm³/mol. The molecule has 0 bridgehead atoms. The molecule has 0 unspecified atom stereocenters. The van der Waals surface area contributed by atoms with Gasteiger partial charge in [-0.15, -0.1) is 0 Å². The van der Waals surface area contributed by atoms with Gasteiger partial charge in [-0.2, -0.15) is 5.26 Å². The van der Waals surface area contributed by atoms with E-state index in [0.717, 1.165) is 59.8 Å². The summed E-state index contributed by atoms with van der Waals surface area (Å²) in [4.78, 5) is 2.43. The fourth-order valence-electron chi connectivity index (χ4n) is 4.45. The molecule has 1 saturated carbocycles. The van der Waals surface area contributed by atoms with Gasteiger partial charge in [0.15, 0.2) is 0 Å². The van der Waals surface area contributed by atoms with Gasteiger partial charge < -0.3 is 14.7 Å². The lowest BCUT2D eigenvalue weighted by atomic mass is 9.96. The van der Waals surface area contributed by atoms with Gasteiger partial charge in [-0.3, -0.25) is 0 Å².